The predicted molar refractivity (Wildman–Crippen MR) is 76.6 cm³/mol. The summed E-state index contributed by atoms with van der Waals surface area (Å²) in [7, 11) is 0. The Labute approximate surface area is 118 Å². The number of para-hydroxylation sites is 1. The number of rotatable bonds is 2. The third-order valence-corrected chi connectivity index (χ3v) is 4.59. The molecule has 0 bridgehead atoms. The Morgan fingerprint density at radius 3 is 2.95 bits per heavy atom. The monoisotopic (exact) mass is 269 g/mol. The molecule has 2 aliphatic rings. The zero-order chi connectivity index (χ0) is 13.5. The Morgan fingerprint density at radius 2 is 2.15 bits per heavy atom. The summed E-state index contributed by atoms with van der Waals surface area (Å²) in [4.78, 5) is 4.65. The van der Waals surface area contributed by atoms with Crippen molar-refractivity contribution in [3.05, 3.63) is 41.5 Å². The SMILES string of the molecule is CC1CCC(c2noc(C3Cc4ccccc4N3)n2)C1. The fourth-order valence-corrected chi connectivity index (χ4v) is 3.44. The second-order valence-electron chi connectivity index (χ2n) is 6.16. The highest BCUT2D eigenvalue weighted by molar-refractivity contribution is 5.56. The summed E-state index contributed by atoms with van der Waals surface area (Å²) in [6.45, 7) is 2.30. The molecule has 0 spiro atoms. The average Bonchev–Trinajstić information content (AvgIpc) is 3.16. The van der Waals surface area contributed by atoms with Crippen LogP contribution in [0.3, 0.4) is 0 Å². The summed E-state index contributed by atoms with van der Waals surface area (Å²) in [5.74, 6) is 2.92. The van der Waals surface area contributed by atoms with E-state index in [0.29, 0.717) is 5.92 Å². The molecule has 104 valence electrons. The number of anilines is 1. The van der Waals surface area contributed by atoms with Crippen LogP contribution in [0.25, 0.3) is 0 Å². The molecule has 4 heteroatoms. The van der Waals surface area contributed by atoms with E-state index in [1.165, 1.54) is 30.5 Å². The Balaban J connectivity index is 1.52. The van der Waals surface area contributed by atoms with Gasteiger partial charge in [-0.25, -0.2) is 0 Å². The minimum atomic E-state index is 0.132. The van der Waals surface area contributed by atoms with Crippen LogP contribution in [0.4, 0.5) is 5.69 Å². The van der Waals surface area contributed by atoms with Gasteiger partial charge in [-0.3, -0.25) is 0 Å². The molecule has 1 aromatic heterocycles. The molecule has 1 aliphatic heterocycles. The van der Waals surface area contributed by atoms with E-state index < -0.39 is 0 Å². The molecule has 2 aromatic rings. The molecule has 1 aromatic carbocycles. The quantitative estimate of drug-likeness (QED) is 0.903. The van der Waals surface area contributed by atoms with Crippen LogP contribution in [0.1, 0.15) is 55.4 Å². The number of nitrogens with one attached hydrogen (secondary N) is 1. The Bertz CT molecular complexity index is 597. The molecule has 0 amide bonds. The molecule has 1 fully saturated rings. The number of fused-ring (bicyclic) bond motifs is 1. The first-order valence-corrected chi connectivity index (χ1v) is 7.47. The van der Waals surface area contributed by atoms with Crippen molar-refractivity contribution in [2.75, 3.05) is 5.32 Å². The van der Waals surface area contributed by atoms with Crippen molar-refractivity contribution in [3.8, 4) is 0 Å². The second-order valence-corrected chi connectivity index (χ2v) is 6.16. The van der Waals surface area contributed by atoms with Gasteiger partial charge in [0, 0.05) is 18.0 Å². The van der Waals surface area contributed by atoms with Gasteiger partial charge in [0.05, 0.1) is 0 Å². The van der Waals surface area contributed by atoms with Gasteiger partial charge in [0.15, 0.2) is 5.82 Å². The van der Waals surface area contributed by atoms with Crippen molar-refractivity contribution < 1.29 is 4.52 Å². The molecule has 4 nitrogen and oxygen atoms in total. The summed E-state index contributed by atoms with van der Waals surface area (Å²) < 4.78 is 5.50. The van der Waals surface area contributed by atoms with Crippen molar-refractivity contribution in [2.24, 2.45) is 5.92 Å². The number of aromatic nitrogens is 2. The zero-order valence-electron chi connectivity index (χ0n) is 11.7. The molecule has 2 heterocycles. The van der Waals surface area contributed by atoms with Crippen molar-refractivity contribution in [2.45, 2.75) is 44.6 Å². The van der Waals surface area contributed by atoms with Crippen LogP contribution in [-0.4, -0.2) is 10.1 Å². The van der Waals surface area contributed by atoms with Crippen LogP contribution in [0.5, 0.6) is 0 Å². The van der Waals surface area contributed by atoms with E-state index in [0.717, 1.165) is 24.1 Å². The maximum absolute atomic E-state index is 5.50. The smallest absolute Gasteiger partial charge is 0.249 e. The summed E-state index contributed by atoms with van der Waals surface area (Å²) >= 11 is 0. The summed E-state index contributed by atoms with van der Waals surface area (Å²) in [5, 5.41) is 7.68. The van der Waals surface area contributed by atoms with Gasteiger partial charge in [-0.05, 0) is 36.8 Å². The fourth-order valence-electron chi connectivity index (χ4n) is 3.44. The van der Waals surface area contributed by atoms with Gasteiger partial charge < -0.3 is 9.84 Å². The van der Waals surface area contributed by atoms with Crippen LogP contribution in [0.2, 0.25) is 0 Å². The summed E-state index contributed by atoms with van der Waals surface area (Å²) in [6, 6.07) is 8.51. The first-order chi connectivity index (χ1) is 9.79. The third kappa shape index (κ3) is 1.99. The first-order valence-electron chi connectivity index (χ1n) is 7.47. The zero-order valence-corrected chi connectivity index (χ0v) is 11.7. The highest BCUT2D eigenvalue weighted by Crippen LogP contribution is 2.38. The Hall–Kier alpha value is -1.84. The van der Waals surface area contributed by atoms with Crippen molar-refractivity contribution in [3.63, 3.8) is 0 Å². The van der Waals surface area contributed by atoms with E-state index in [1.54, 1.807) is 0 Å². The largest absolute Gasteiger partial charge is 0.373 e. The normalized spacial score (nSPS) is 28.4. The van der Waals surface area contributed by atoms with Crippen LogP contribution in [-0.2, 0) is 6.42 Å². The highest BCUT2D eigenvalue weighted by atomic mass is 16.5. The van der Waals surface area contributed by atoms with E-state index in [4.69, 9.17) is 4.52 Å². The van der Waals surface area contributed by atoms with E-state index in [9.17, 15) is 0 Å². The van der Waals surface area contributed by atoms with Gasteiger partial charge in [0.25, 0.3) is 0 Å². The Kier molecular flexibility index (Phi) is 2.76. The molecule has 3 atom stereocenters. The van der Waals surface area contributed by atoms with Crippen molar-refractivity contribution >= 4 is 5.69 Å². The number of nitrogens with zero attached hydrogens (tertiary/aromatic N) is 2. The lowest BCUT2D eigenvalue weighted by atomic mass is 10.1. The van der Waals surface area contributed by atoms with Gasteiger partial charge in [-0.1, -0.05) is 30.3 Å². The van der Waals surface area contributed by atoms with Crippen LogP contribution in [0, 0.1) is 5.92 Å². The molecule has 0 saturated heterocycles. The van der Waals surface area contributed by atoms with Gasteiger partial charge in [0.2, 0.25) is 5.89 Å². The minimum Gasteiger partial charge on any atom is -0.373 e. The molecular formula is C16H19N3O. The van der Waals surface area contributed by atoms with Gasteiger partial charge in [-0.2, -0.15) is 4.98 Å². The number of hydrogen-bond donors (Lipinski definition) is 1. The number of hydrogen-bond acceptors (Lipinski definition) is 4. The molecule has 0 radical (unpaired) electrons. The first kappa shape index (κ1) is 11.9. The topological polar surface area (TPSA) is 51.0 Å². The van der Waals surface area contributed by atoms with Gasteiger partial charge >= 0.3 is 0 Å². The van der Waals surface area contributed by atoms with E-state index >= 15 is 0 Å². The Morgan fingerprint density at radius 1 is 1.25 bits per heavy atom. The molecule has 1 saturated carbocycles. The predicted octanol–water partition coefficient (Wildman–Crippen LogP) is 3.68. The molecule has 3 unspecified atom stereocenters. The average molecular weight is 269 g/mol. The van der Waals surface area contributed by atoms with Gasteiger partial charge in [0.1, 0.15) is 6.04 Å². The lowest BCUT2D eigenvalue weighted by Crippen LogP contribution is -2.06. The van der Waals surface area contributed by atoms with E-state index in [1.807, 2.05) is 6.07 Å². The number of benzene rings is 1. The maximum Gasteiger partial charge on any atom is 0.249 e. The standard InChI is InChI=1S/C16H19N3O/c1-10-6-7-12(8-10)15-18-16(20-19-15)14-9-11-4-2-3-5-13(11)17-14/h2-5,10,12,14,17H,6-9H2,1H3. The van der Waals surface area contributed by atoms with Crippen LogP contribution in [0.15, 0.2) is 28.8 Å². The summed E-state index contributed by atoms with van der Waals surface area (Å²) in [5.41, 5.74) is 2.51. The van der Waals surface area contributed by atoms with Crippen LogP contribution >= 0.6 is 0 Å². The molecule has 1 N–H and O–H groups in total. The van der Waals surface area contributed by atoms with Gasteiger partial charge in [-0.15, -0.1) is 0 Å². The van der Waals surface area contributed by atoms with E-state index in [-0.39, 0.29) is 6.04 Å². The minimum absolute atomic E-state index is 0.132. The lowest BCUT2D eigenvalue weighted by molar-refractivity contribution is 0.356. The van der Waals surface area contributed by atoms with Crippen molar-refractivity contribution in [1.82, 2.24) is 10.1 Å². The third-order valence-electron chi connectivity index (χ3n) is 4.59. The van der Waals surface area contributed by atoms with Crippen LogP contribution < -0.4 is 5.32 Å². The highest BCUT2D eigenvalue weighted by Gasteiger charge is 2.30. The second kappa shape index (κ2) is 4.62. The maximum atomic E-state index is 5.50. The molecule has 20 heavy (non-hydrogen) atoms. The van der Waals surface area contributed by atoms with E-state index in [2.05, 4.69) is 40.6 Å². The summed E-state index contributed by atoms with van der Waals surface area (Å²) in [6.07, 6.45) is 4.59. The molecular weight excluding hydrogens is 250 g/mol. The van der Waals surface area contributed by atoms with Crippen molar-refractivity contribution in [1.29, 1.82) is 0 Å². The fraction of sp³-hybridized carbons (Fsp3) is 0.500. The lowest BCUT2D eigenvalue weighted by Gasteiger charge is -2.05. The molecule has 4 rings (SSSR count). The molecule has 1 aliphatic carbocycles.